The molecule has 1 aliphatic carbocycles. The van der Waals surface area contributed by atoms with Crippen LogP contribution in [-0.2, 0) is 11.3 Å². The summed E-state index contributed by atoms with van der Waals surface area (Å²) in [5.41, 5.74) is 1.82. The Kier molecular flexibility index (Phi) is 5.20. The van der Waals surface area contributed by atoms with E-state index in [-0.39, 0.29) is 11.8 Å². The van der Waals surface area contributed by atoms with Gasteiger partial charge in [-0.3, -0.25) is 19.2 Å². The second kappa shape index (κ2) is 7.92. The molecule has 1 aromatic heterocycles. The van der Waals surface area contributed by atoms with E-state index in [9.17, 15) is 9.59 Å². The normalized spacial score (nSPS) is 17.7. The lowest BCUT2D eigenvalue weighted by atomic mass is 10.1. The number of carbonyl (C=O) groups excluding carboxylic acids is 2. The molecule has 142 valence electrons. The first-order chi connectivity index (χ1) is 13.2. The minimum Gasteiger partial charge on any atom is -0.352 e. The molecule has 1 N–H and O–H groups in total. The Labute approximate surface area is 158 Å². The molecule has 2 amide bonds. The van der Waals surface area contributed by atoms with Gasteiger partial charge in [0.05, 0.1) is 13.1 Å². The third-order valence-electron chi connectivity index (χ3n) is 5.07. The Bertz CT molecular complexity index is 775. The molecule has 7 heteroatoms. The van der Waals surface area contributed by atoms with E-state index in [1.165, 1.54) is 0 Å². The molecule has 1 saturated carbocycles. The monoisotopic (exact) mass is 367 g/mol. The van der Waals surface area contributed by atoms with E-state index in [1.54, 1.807) is 6.20 Å². The van der Waals surface area contributed by atoms with Crippen LogP contribution in [0.1, 0.15) is 28.8 Å². The van der Waals surface area contributed by atoms with Gasteiger partial charge in [0.25, 0.3) is 5.91 Å². The van der Waals surface area contributed by atoms with Gasteiger partial charge >= 0.3 is 0 Å². The summed E-state index contributed by atoms with van der Waals surface area (Å²) in [6, 6.07) is 10.0. The van der Waals surface area contributed by atoms with E-state index in [0.29, 0.717) is 37.8 Å². The lowest BCUT2D eigenvalue weighted by Crippen LogP contribution is -2.51. The molecule has 2 aliphatic rings. The van der Waals surface area contributed by atoms with Crippen molar-refractivity contribution < 1.29 is 9.59 Å². The van der Waals surface area contributed by atoms with Crippen molar-refractivity contribution in [3.05, 3.63) is 53.9 Å². The number of benzene rings is 1. The summed E-state index contributed by atoms with van der Waals surface area (Å²) in [6.45, 7) is 3.92. The number of carbonyl (C=O) groups is 2. The SMILES string of the molecule is O=C(CN1CCN(C(=O)c2ccc(Cn3cccn3)cc2)CC1)NC1CC1. The number of piperazine rings is 1. The van der Waals surface area contributed by atoms with Crippen LogP contribution in [0.3, 0.4) is 0 Å². The molecule has 2 heterocycles. The Morgan fingerprint density at radius 3 is 2.44 bits per heavy atom. The quantitative estimate of drug-likeness (QED) is 0.826. The Morgan fingerprint density at radius 2 is 1.81 bits per heavy atom. The third kappa shape index (κ3) is 4.74. The van der Waals surface area contributed by atoms with Crippen molar-refractivity contribution in [1.82, 2.24) is 24.9 Å². The number of aromatic nitrogens is 2. The van der Waals surface area contributed by atoms with Crippen LogP contribution in [0.4, 0.5) is 0 Å². The van der Waals surface area contributed by atoms with Gasteiger partial charge in [-0.15, -0.1) is 0 Å². The second-order valence-electron chi connectivity index (χ2n) is 7.31. The highest BCUT2D eigenvalue weighted by Gasteiger charge is 2.26. The average molecular weight is 367 g/mol. The fourth-order valence-electron chi connectivity index (χ4n) is 3.33. The highest BCUT2D eigenvalue weighted by atomic mass is 16.2. The van der Waals surface area contributed by atoms with Gasteiger partial charge in [0.2, 0.25) is 5.91 Å². The molecule has 1 aliphatic heterocycles. The predicted molar refractivity (Wildman–Crippen MR) is 101 cm³/mol. The van der Waals surface area contributed by atoms with E-state index in [4.69, 9.17) is 0 Å². The summed E-state index contributed by atoms with van der Waals surface area (Å²) in [5.74, 6) is 0.160. The minimum absolute atomic E-state index is 0.0581. The molecule has 0 bridgehead atoms. The van der Waals surface area contributed by atoms with Gasteiger partial charge < -0.3 is 10.2 Å². The van der Waals surface area contributed by atoms with Crippen LogP contribution >= 0.6 is 0 Å². The molecular formula is C20H25N5O2. The smallest absolute Gasteiger partial charge is 0.253 e. The molecule has 27 heavy (non-hydrogen) atoms. The van der Waals surface area contributed by atoms with E-state index in [1.807, 2.05) is 46.1 Å². The molecule has 0 atom stereocenters. The fourth-order valence-corrected chi connectivity index (χ4v) is 3.33. The maximum Gasteiger partial charge on any atom is 0.253 e. The largest absolute Gasteiger partial charge is 0.352 e. The maximum atomic E-state index is 12.7. The van der Waals surface area contributed by atoms with Gasteiger partial charge in [-0.2, -0.15) is 5.10 Å². The van der Waals surface area contributed by atoms with Crippen LogP contribution < -0.4 is 5.32 Å². The molecule has 0 radical (unpaired) electrons. The summed E-state index contributed by atoms with van der Waals surface area (Å²) in [7, 11) is 0. The number of nitrogens with zero attached hydrogens (tertiary/aromatic N) is 4. The maximum absolute atomic E-state index is 12.7. The predicted octanol–water partition coefficient (Wildman–Crippen LogP) is 0.968. The van der Waals surface area contributed by atoms with Gasteiger partial charge in [0.1, 0.15) is 0 Å². The van der Waals surface area contributed by atoms with Gasteiger partial charge in [-0.05, 0) is 36.6 Å². The molecule has 7 nitrogen and oxygen atoms in total. The first-order valence-electron chi connectivity index (χ1n) is 9.55. The van der Waals surface area contributed by atoms with Crippen molar-refractivity contribution in [1.29, 1.82) is 0 Å². The van der Waals surface area contributed by atoms with Gasteiger partial charge in [-0.25, -0.2) is 0 Å². The first kappa shape index (κ1) is 17.7. The lowest BCUT2D eigenvalue weighted by Gasteiger charge is -2.34. The molecule has 4 rings (SSSR count). The molecular weight excluding hydrogens is 342 g/mol. The van der Waals surface area contributed by atoms with Gasteiger partial charge in [-0.1, -0.05) is 12.1 Å². The zero-order chi connectivity index (χ0) is 18.6. The molecule has 0 spiro atoms. The van der Waals surface area contributed by atoms with E-state index in [2.05, 4.69) is 15.3 Å². The van der Waals surface area contributed by atoms with E-state index in [0.717, 1.165) is 31.5 Å². The fraction of sp³-hybridized carbons (Fsp3) is 0.450. The summed E-state index contributed by atoms with van der Waals surface area (Å²) in [5, 5.41) is 7.21. The van der Waals surface area contributed by atoms with Crippen molar-refractivity contribution in [2.24, 2.45) is 0 Å². The topological polar surface area (TPSA) is 70.5 Å². The average Bonchev–Trinajstić information content (AvgIpc) is 3.34. The van der Waals surface area contributed by atoms with Gasteiger partial charge in [0, 0.05) is 50.2 Å². The highest BCUT2D eigenvalue weighted by Crippen LogP contribution is 2.18. The van der Waals surface area contributed by atoms with Crippen LogP contribution in [0.2, 0.25) is 0 Å². The van der Waals surface area contributed by atoms with Gasteiger partial charge in [0.15, 0.2) is 0 Å². The highest BCUT2D eigenvalue weighted by molar-refractivity contribution is 5.94. The molecule has 1 aromatic carbocycles. The van der Waals surface area contributed by atoms with Crippen molar-refractivity contribution >= 4 is 11.8 Å². The minimum atomic E-state index is 0.0581. The zero-order valence-corrected chi connectivity index (χ0v) is 15.4. The standard InChI is InChI=1S/C20H25N5O2/c26-19(22-18-6-7-18)15-23-10-12-24(13-11-23)20(27)17-4-2-16(3-5-17)14-25-9-1-8-21-25/h1-5,8-9,18H,6-7,10-15H2,(H,22,26). The first-order valence-corrected chi connectivity index (χ1v) is 9.55. The molecule has 2 fully saturated rings. The van der Waals surface area contributed by atoms with E-state index >= 15 is 0 Å². The van der Waals surface area contributed by atoms with Crippen molar-refractivity contribution in [2.45, 2.75) is 25.4 Å². The summed E-state index contributed by atoms with van der Waals surface area (Å²) in [6.07, 6.45) is 5.89. The van der Waals surface area contributed by atoms with Crippen molar-refractivity contribution in [3.8, 4) is 0 Å². The summed E-state index contributed by atoms with van der Waals surface area (Å²) >= 11 is 0. The zero-order valence-electron chi connectivity index (χ0n) is 15.4. The Morgan fingerprint density at radius 1 is 1.07 bits per heavy atom. The molecule has 0 unspecified atom stereocenters. The number of rotatable bonds is 6. The molecule has 2 aromatic rings. The summed E-state index contributed by atoms with van der Waals surface area (Å²) in [4.78, 5) is 28.6. The van der Waals surface area contributed by atoms with Crippen LogP contribution in [0, 0.1) is 0 Å². The van der Waals surface area contributed by atoms with Crippen LogP contribution in [0.25, 0.3) is 0 Å². The number of hydrogen-bond donors (Lipinski definition) is 1. The van der Waals surface area contributed by atoms with Crippen LogP contribution in [0.5, 0.6) is 0 Å². The number of nitrogens with one attached hydrogen (secondary N) is 1. The number of hydrogen-bond acceptors (Lipinski definition) is 4. The van der Waals surface area contributed by atoms with Crippen LogP contribution in [-0.4, -0.2) is 70.2 Å². The summed E-state index contributed by atoms with van der Waals surface area (Å²) < 4.78 is 1.86. The third-order valence-corrected chi connectivity index (χ3v) is 5.07. The second-order valence-corrected chi connectivity index (χ2v) is 7.31. The van der Waals surface area contributed by atoms with Crippen LogP contribution in [0.15, 0.2) is 42.7 Å². The van der Waals surface area contributed by atoms with E-state index < -0.39 is 0 Å². The molecule has 1 saturated heterocycles. The Balaban J connectivity index is 1.26. The van der Waals surface area contributed by atoms with Crippen molar-refractivity contribution in [3.63, 3.8) is 0 Å². The van der Waals surface area contributed by atoms with Crippen molar-refractivity contribution in [2.75, 3.05) is 32.7 Å². The lowest BCUT2D eigenvalue weighted by molar-refractivity contribution is -0.122. The Hall–Kier alpha value is -2.67. The number of amides is 2.